The average molecular weight is 595 g/mol. The largest absolute Gasteiger partial charge is 0.396 e. The van der Waals surface area contributed by atoms with E-state index in [1.54, 1.807) is 0 Å². The maximum atomic E-state index is 10.9. The van der Waals surface area contributed by atoms with Crippen LogP contribution in [0.2, 0.25) is 0 Å². The van der Waals surface area contributed by atoms with Crippen LogP contribution in [0.25, 0.3) is 0 Å². The second-order valence-electron chi connectivity index (χ2n) is 15.4. The van der Waals surface area contributed by atoms with Gasteiger partial charge in [-0.3, -0.25) is 0 Å². The van der Waals surface area contributed by atoms with E-state index >= 15 is 0 Å². The highest BCUT2D eigenvalue weighted by Crippen LogP contribution is 2.70. The molecule has 2 saturated heterocycles. The van der Waals surface area contributed by atoms with Crippen LogP contribution < -0.4 is 0 Å². The molecule has 0 aromatic heterocycles. The highest BCUT2D eigenvalue weighted by Gasteiger charge is 2.69. The summed E-state index contributed by atoms with van der Waals surface area (Å²) in [4.78, 5) is 0. The summed E-state index contributed by atoms with van der Waals surface area (Å²) in [5.74, 6) is 0.876. The summed E-state index contributed by atoms with van der Waals surface area (Å²) < 4.78 is 19.4. The molecule has 6 rings (SSSR count). The lowest BCUT2D eigenvalue weighted by molar-refractivity contribution is -0.376. The Morgan fingerprint density at radius 2 is 1.79 bits per heavy atom. The van der Waals surface area contributed by atoms with Crippen molar-refractivity contribution in [2.75, 3.05) is 13.2 Å². The van der Waals surface area contributed by atoms with Crippen molar-refractivity contribution >= 4 is 0 Å². The van der Waals surface area contributed by atoms with Crippen LogP contribution in [0.4, 0.5) is 0 Å². The predicted molar refractivity (Wildman–Crippen MR) is 154 cm³/mol. The van der Waals surface area contributed by atoms with E-state index in [1.807, 2.05) is 6.92 Å². The van der Waals surface area contributed by atoms with Crippen LogP contribution in [0.15, 0.2) is 11.6 Å². The molecule has 9 nitrogen and oxygen atoms in total. The van der Waals surface area contributed by atoms with Crippen LogP contribution in [0.3, 0.4) is 0 Å². The minimum Gasteiger partial charge on any atom is -0.396 e. The number of aliphatic hydroxyl groups is 6. The van der Waals surface area contributed by atoms with Gasteiger partial charge in [0.05, 0.1) is 18.8 Å². The third-order valence-corrected chi connectivity index (χ3v) is 13.2. The van der Waals surface area contributed by atoms with E-state index in [0.29, 0.717) is 30.6 Å². The first-order valence-corrected chi connectivity index (χ1v) is 16.5. The van der Waals surface area contributed by atoms with E-state index in [0.717, 1.165) is 38.5 Å². The molecular weight excluding hydrogens is 540 g/mol. The SMILES string of the molecule is C[C@@H](CO)CC[C@@]1(O[C@H]2O[C@H](CO)[C@@H](O)[C@H](O)[C@H]2O)O[C@H]2C[C@H]3[C@@H]4CC=C5C[C@@H](O)CC[C@]5(C)[C@H]4CC[C@]3(C)[C@H]2[C@@H]1C. The molecule has 9 heteroatoms. The molecule has 0 aromatic carbocycles. The summed E-state index contributed by atoms with van der Waals surface area (Å²) in [5.41, 5.74) is 1.70. The van der Waals surface area contributed by atoms with Gasteiger partial charge in [0.2, 0.25) is 0 Å². The van der Waals surface area contributed by atoms with Crippen molar-refractivity contribution in [2.24, 2.45) is 46.3 Å². The first-order chi connectivity index (χ1) is 19.9. The number of ether oxygens (including phenoxy) is 3. The lowest BCUT2D eigenvalue weighted by Crippen LogP contribution is -2.61. The van der Waals surface area contributed by atoms with Crippen molar-refractivity contribution in [1.29, 1.82) is 0 Å². The van der Waals surface area contributed by atoms with Gasteiger partial charge in [-0.2, -0.15) is 0 Å². The van der Waals surface area contributed by atoms with Gasteiger partial charge in [-0.05, 0) is 91.8 Å². The molecule has 2 aliphatic heterocycles. The molecule has 240 valence electrons. The molecule has 0 radical (unpaired) electrons. The number of rotatable bonds is 7. The summed E-state index contributed by atoms with van der Waals surface area (Å²) in [5, 5.41) is 61.6. The van der Waals surface area contributed by atoms with E-state index in [4.69, 9.17) is 14.2 Å². The standard InChI is InChI=1S/C33H54O9/c1-17(15-34)7-12-33(42-30-29(39)28(38)27(37)25(16-35)40-30)18(2)26-24(41-33)14-23-21-6-5-19-13-20(36)8-10-31(19,3)22(21)9-11-32(23,26)4/h5,17-18,20-30,34-39H,6-16H2,1-4H3/t17-,18+,20+,21-,22+,23+,24+,25-,26+,27-,28+,29-,30-,31+,32+,33+/m1/s1. The molecule has 6 aliphatic rings. The fourth-order valence-corrected chi connectivity index (χ4v) is 10.7. The average Bonchev–Trinajstić information content (AvgIpc) is 3.42. The molecule has 0 aromatic rings. The zero-order valence-corrected chi connectivity index (χ0v) is 25.8. The minimum absolute atomic E-state index is 0.0190. The van der Waals surface area contributed by atoms with Crippen molar-refractivity contribution in [3.05, 3.63) is 11.6 Å². The van der Waals surface area contributed by atoms with E-state index in [-0.39, 0.29) is 47.4 Å². The van der Waals surface area contributed by atoms with Crippen LogP contribution in [-0.2, 0) is 14.2 Å². The normalized spacial score (nSPS) is 54.4. The van der Waals surface area contributed by atoms with Gasteiger partial charge in [-0.15, -0.1) is 0 Å². The number of fused-ring (bicyclic) bond motifs is 7. The van der Waals surface area contributed by atoms with Crippen molar-refractivity contribution in [1.82, 2.24) is 0 Å². The van der Waals surface area contributed by atoms with E-state index in [2.05, 4.69) is 26.8 Å². The fourth-order valence-electron chi connectivity index (χ4n) is 10.7. The van der Waals surface area contributed by atoms with Crippen LogP contribution in [0.5, 0.6) is 0 Å². The van der Waals surface area contributed by atoms with Crippen LogP contribution in [0.1, 0.15) is 85.5 Å². The molecule has 2 heterocycles. The first-order valence-electron chi connectivity index (χ1n) is 16.5. The van der Waals surface area contributed by atoms with Crippen molar-refractivity contribution in [3.63, 3.8) is 0 Å². The first kappa shape index (κ1) is 31.4. The lowest BCUT2D eigenvalue weighted by Gasteiger charge is -2.58. The summed E-state index contributed by atoms with van der Waals surface area (Å²) in [6.45, 7) is 8.59. The molecule has 42 heavy (non-hydrogen) atoms. The van der Waals surface area contributed by atoms with Gasteiger partial charge in [0.15, 0.2) is 12.1 Å². The van der Waals surface area contributed by atoms with Gasteiger partial charge in [0.1, 0.15) is 24.4 Å². The molecule has 5 fully saturated rings. The van der Waals surface area contributed by atoms with Gasteiger partial charge in [-0.25, -0.2) is 0 Å². The van der Waals surface area contributed by atoms with Gasteiger partial charge >= 0.3 is 0 Å². The van der Waals surface area contributed by atoms with Gasteiger partial charge in [-0.1, -0.05) is 39.3 Å². The summed E-state index contributed by atoms with van der Waals surface area (Å²) in [6.07, 6.45) is 3.64. The predicted octanol–water partition coefficient (Wildman–Crippen LogP) is 2.49. The van der Waals surface area contributed by atoms with Crippen molar-refractivity contribution in [2.45, 2.75) is 134 Å². The van der Waals surface area contributed by atoms with Crippen LogP contribution in [0, 0.1) is 46.3 Å². The summed E-state index contributed by atoms with van der Waals surface area (Å²) in [6, 6.07) is 0. The number of aliphatic hydroxyl groups excluding tert-OH is 6. The van der Waals surface area contributed by atoms with Gasteiger partial charge in [0, 0.05) is 18.9 Å². The highest BCUT2D eigenvalue weighted by atomic mass is 16.8. The number of hydrogen-bond donors (Lipinski definition) is 6. The minimum atomic E-state index is -1.52. The number of allylic oxidation sites excluding steroid dienone is 1. The number of hydrogen-bond acceptors (Lipinski definition) is 9. The molecule has 0 bridgehead atoms. The molecule has 6 N–H and O–H groups in total. The Balaban J connectivity index is 1.27. The second kappa shape index (κ2) is 11.3. The summed E-state index contributed by atoms with van der Waals surface area (Å²) in [7, 11) is 0. The lowest BCUT2D eigenvalue weighted by atomic mass is 9.47. The molecular formula is C33H54O9. The van der Waals surface area contributed by atoms with Crippen LogP contribution in [-0.4, -0.2) is 92.6 Å². The van der Waals surface area contributed by atoms with E-state index in [1.165, 1.54) is 12.0 Å². The second-order valence-corrected chi connectivity index (χ2v) is 15.4. The Kier molecular flexibility index (Phi) is 8.45. The topological polar surface area (TPSA) is 149 Å². The van der Waals surface area contributed by atoms with Gasteiger partial charge in [0.25, 0.3) is 0 Å². The highest BCUT2D eigenvalue weighted by molar-refractivity contribution is 5.26. The van der Waals surface area contributed by atoms with Gasteiger partial charge < -0.3 is 44.8 Å². The van der Waals surface area contributed by atoms with E-state index in [9.17, 15) is 30.6 Å². The fraction of sp³-hybridized carbons (Fsp3) is 0.939. The van der Waals surface area contributed by atoms with E-state index < -0.39 is 43.1 Å². The Morgan fingerprint density at radius 1 is 1.02 bits per heavy atom. The maximum Gasteiger partial charge on any atom is 0.189 e. The Hall–Kier alpha value is -0.620. The monoisotopic (exact) mass is 594 g/mol. The third-order valence-electron chi connectivity index (χ3n) is 13.2. The molecule has 0 unspecified atom stereocenters. The summed E-state index contributed by atoms with van der Waals surface area (Å²) >= 11 is 0. The third kappa shape index (κ3) is 4.76. The Morgan fingerprint density at radius 3 is 2.50 bits per heavy atom. The smallest absolute Gasteiger partial charge is 0.189 e. The molecule has 4 aliphatic carbocycles. The Bertz CT molecular complexity index is 1020. The molecule has 0 spiro atoms. The Labute approximate surface area is 250 Å². The zero-order valence-electron chi connectivity index (χ0n) is 25.8. The van der Waals surface area contributed by atoms with Crippen molar-refractivity contribution < 1.29 is 44.8 Å². The molecule has 0 amide bonds. The molecule has 16 atom stereocenters. The zero-order chi connectivity index (χ0) is 30.2. The maximum absolute atomic E-state index is 10.9. The van der Waals surface area contributed by atoms with Crippen LogP contribution >= 0.6 is 0 Å². The quantitative estimate of drug-likeness (QED) is 0.245. The van der Waals surface area contributed by atoms with Crippen molar-refractivity contribution in [3.8, 4) is 0 Å². The molecule has 3 saturated carbocycles.